The summed E-state index contributed by atoms with van der Waals surface area (Å²) in [4.78, 5) is 0. The summed E-state index contributed by atoms with van der Waals surface area (Å²) in [5.41, 5.74) is 6.67. The molecule has 0 bridgehead atoms. The molecular weight excluding hydrogens is 198 g/mol. The van der Waals surface area contributed by atoms with E-state index in [2.05, 4.69) is 0 Å². The van der Waals surface area contributed by atoms with Crippen LogP contribution >= 0.6 is 11.6 Å². The fourth-order valence-electron chi connectivity index (χ4n) is 1.51. The minimum Gasteiger partial charge on any atom is -0.392 e. The number of aliphatic hydroxyl groups excluding tert-OH is 1. The van der Waals surface area contributed by atoms with Gasteiger partial charge in [-0.25, -0.2) is 0 Å². The van der Waals surface area contributed by atoms with Crippen molar-refractivity contribution in [2.24, 2.45) is 5.73 Å². The van der Waals surface area contributed by atoms with E-state index in [0.29, 0.717) is 18.0 Å². The number of rotatable bonds is 4. The fourth-order valence-corrected chi connectivity index (χ4v) is 1.64. The smallest absolute Gasteiger partial charge is 0.0618 e. The first-order valence-electron chi connectivity index (χ1n) is 4.82. The van der Waals surface area contributed by atoms with Gasteiger partial charge in [0.2, 0.25) is 0 Å². The summed E-state index contributed by atoms with van der Waals surface area (Å²) in [5, 5.41) is 10.4. The lowest BCUT2D eigenvalue weighted by Gasteiger charge is -2.20. The lowest BCUT2D eigenvalue weighted by molar-refractivity contribution is 0.141. The Labute approximate surface area is 89.7 Å². The Balaban J connectivity index is 2.84. The minimum atomic E-state index is -0.374. The summed E-state index contributed by atoms with van der Waals surface area (Å²) in [6, 6.07) is 7.47. The highest BCUT2D eigenvalue weighted by Crippen LogP contribution is 2.22. The van der Waals surface area contributed by atoms with Crippen molar-refractivity contribution in [3.05, 3.63) is 34.9 Å². The molecule has 1 aromatic rings. The van der Waals surface area contributed by atoms with Gasteiger partial charge >= 0.3 is 0 Å². The first kappa shape index (κ1) is 11.5. The molecule has 2 nitrogen and oxygen atoms in total. The zero-order valence-electron chi connectivity index (χ0n) is 8.28. The fraction of sp³-hybridized carbons (Fsp3) is 0.455. The molecule has 0 aromatic heterocycles. The third kappa shape index (κ3) is 2.71. The van der Waals surface area contributed by atoms with Crippen LogP contribution in [-0.4, -0.2) is 17.8 Å². The molecule has 0 heterocycles. The molecule has 0 aliphatic carbocycles. The highest BCUT2D eigenvalue weighted by Gasteiger charge is 2.17. The van der Waals surface area contributed by atoms with Crippen LogP contribution in [-0.2, 0) is 0 Å². The topological polar surface area (TPSA) is 46.2 Å². The number of aliphatic hydroxyl groups is 1. The van der Waals surface area contributed by atoms with E-state index in [1.165, 1.54) is 0 Å². The van der Waals surface area contributed by atoms with Crippen molar-refractivity contribution in [3.63, 3.8) is 0 Å². The number of nitrogens with two attached hydrogens (primary N) is 1. The average Bonchev–Trinajstić information content (AvgIpc) is 2.21. The molecule has 0 aliphatic rings. The Morgan fingerprint density at radius 3 is 2.36 bits per heavy atom. The number of halogens is 1. The van der Waals surface area contributed by atoms with Gasteiger partial charge in [0.25, 0.3) is 0 Å². The van der Waals surface area contributed by atoms with E-state index in [4.69, 9.17) is 17.3 Å². The molecule has 3 heteroatoms. The maximum Gasteiger partial charge on any atom is 0.0618 e. The molecule has 0 amide bonds. The standard InChI is InChI=1S/C11H16ClNO/c1-2-11(14)10(7-13)8-3-5-9(12)6-4-8/h3-6,10-11,14H,2,7,13H2,1H3. The second-order valence-electron chi connectivity index (χ2n) is 3.37. The monoisotopic (exact) mass is 213 g/mol. The van der Waals surface area contributed by atoms with E-state index in [1.807, 2.05) is 31.2 Å². The van der Waals surface area contributed by atoms with Crippen LogP contribution in [0.25, 0.3) is 0 Å². The Kier molecular flexibility index (Phi) is 4.39. The predicted octanol–water partition coefficient (Wildman–Crippen LogP) is 2.15. The predicted molar refractivity (Wildman–Crippen MR) is 59.5 cm³/mol. The van der Waals surface area contributed by atoms with E-state index in [9.17, 15) is 5.11 Å². The Morgan fingerprint density at radius 1 is 1.36 bits per heavy atom. The van der Waals surface area contributed by atoms with Crippen LogP contribution < -0.4 is 5.73 Å². The zero-order valence-corrected chi connectivity index (χ0v) is 9.04. The van der Waals surface area contributed by atoms with Crippen molar-refractivity contribution in [1.29, 1.82) is 0 Å². The molecule has 0 radical (unpaired) electrons. The van der Waals surface area contributed by atoms with Crippen LogP contribution in [0.15, 0.2) is 24.3 Å². The normalized spacial score (nSPS) is 15.1. The third-order valence-corrected chi connectivity index (χ3v) is 2.69. The van der Waals surface area contributed by atoms with Gasteiger partial charge in [0.15, 0.2) is 0 Å². The first-order chi connectivity index (χ1) is 6.69. The lowest BCUT2D eigenvalue weighted by atomic mass is 9.92. The van der Waals surface area contributed by atoms with Crippen molar-refractivity contribution in [3.8, 4) is 0 Å². The van der Waals surface area contributed by atoms with E-state index < -0.39 is 0 Å². The molecule has 0 saturated carbocycles. The van der Waals surface area contributed by atoms with E-state index in [0.717, 1.165) is 5.56 Å². The van der Waals surface area contributed by atoms with Crippen LogP contribution in [0.5, 0.6) is 0 Å². The van der Waals surface area contributed by atoms with Crippen molar-refractivity contribution >= 4 is 11.6 Å². The van der Waals surface area contributed by atoms with Gasteiger partial charge < -0.3 is 10.8 Å². The molecule has 0 aliphatic heterocycles. The van der Waals surface area contributed by atoms with Crippen LogP contribution in [0, 0.1) is 0 Å². The maximum atomic E-state index is 9.73. The molecular formula is C11H16ClNO. The van der Waals surface area contributed by atoms with Gasteiger partial charge in [0.1, 0.15) is 0 Å². The van der Waals surface area contributed by atoms with Gasteiger partial charge in [-0.15, -0.1) is 0 Å². The zero-order chi connectivity index (χ0) is 10.6. The minimum absolute atomic E-state index is 0.0114. The van der Waals surface area contributed by atoms with Gasteiger partial charge in [0.05, 0.1) is 6.10 Å². The maximum absolute atomic E-state index is 9.73. The molecule has 3 N–H and O–H groups in total. The van der Waals surface area contributed by atoms with Crippen molar-refractivity contribution in [1.82, 2.24) is 0 Å². The van der Waals surface area contributed by atoms with Crippen molar-refractivity contribution in [2.75, 3.05) is 6.54 Å². The van der Waals surface area contributed by atoms with E-state index >= 15 is 0 Å². The van der Waals surface area contributed by atoms with E-state index in [-0.39, 0.29) is 12.0 Å². The summed E-state index contributed by atoms with van der Waals surface area (Å²) in [7, 11) is 0. The van der Waals surface area contributed by atoms with Gasteiger partial charge in [0, 0.05) is 17.5 Å². The highest BCUT2D eigenvalue weighted by atomic mass is 35.5. The average molecular weight is 214 g/mol. The molecule has 0 saturated heterocycles. The van der Waals surface area contributed by atoms with Gasteiger partial charge in [-0.1, -0.05) is 30.7 Å². The summed E-state index contributed by atoms with van der Waals surface area (Å²) in [6.07, 6.45) is 0.339. The quantitative estimate of drug-likeness (QED) is 0.805. The summed E-state index contributed by atoms with van der Waals surface area (Å²) < 4.78 is 0. The van der Waals surface area contributed by atoms with Gasteiger partial charge in [-0.2, -0.15) is 0 Å². The SMILES string of the molecule is CCC(O)C(CN)c1ccc(Cl)cc1. The first-order valence-corrected chi connectivity index (χ1v) is 5.20. The van der Waals surface area contributed by atoms with E-state index in [1.54, 1.807) is 0 Å². The molecule has 14 heavy (non-hydrogen) atoms. The van der Waals surface area contributed by atoms with Crippen LogP contribution in [0.3, 0.4) is 0 Å². The van der Waals surface area contributed by atoms with Gasteiger partial charge in [-0.05, 0) is 24.1 Å². The molecule has 1 aromatic carbocycles. The summed E-state index contributed by atoms with van der Waals surface area (Å²) in [6.45, 7) is 2.40. The van der Waals surface area contributed by atoms with Crippen LogP contribution in [0.4, 0.5) is 0 Å². The molecule has 0 spiro atoms. The van der Waals surface area contributed by atoms with Crippen molar-refractivity contribution in [2.45, 2.75) is 25.4 Å². The Hall–Kier alpha value is -0.570. The molecule has 1 rings (SSSR count). The second kappa shape index (κ2) is 5.35. The number of hydrogen-bond acceptors (Lipinski definition) is 2. The second-order valence-corrected chi connectivity index (χ2v) is 3.81. The van der Waals surface area contributed by atoms with Gasteiger partial charge in [-0.3, -0.25) is 0 Å². The summed E-state index contributed by atoms with van der Waals surface area (Å²) in [5.74, 6) is 0.0114. The Bertz CT molecular complexity index is 273. The molecule has 0 fully saturated rings. The highest BCUT2D eigenvalue weighted by molar-refractivity contribution is 6.30. The largest absolute Gasteiger partial charge is 0.392 e. The number of benzene rings is 1. The third-order valence-electron chi connectivity index (χ3n) is 2.43. The molecule has 78 valence electrons. The molecule has 2 unspecified atom stereocenters. The summed E-state index contributed by atoms with van der Waals surface area (Å²) >= 11 is 5.78. The van der Waals surface area contributed by atoms with Crippen molar-refractivity contribution < 1.29 is 5.11 Å². The lowest BCUT2D eigenvalue weighted by Crippen LogP contribution is -2.25. The van der Waals surface area contributed by atoms with Crippen LogP contribution in [0.1, 0.15) is 24.8 Å². The van der Waals surface area contributed by atoms with Crippen LogP contribution in [0.2, 0.25) is 5.02 Å². The number of hydrogen-bond donors (Lipinski definition) is 2. The Morgan fingerprint density at radius 2 is 1.93 bits per heavy atom. The molecule has 2 atom stereocenters.